The Morgan fingerprint density at radius 1 is 1.20 bits per heavy atom. The van der Waals surface area contributed by atoms with Gasteiger partial charge in [-0.1, -0.05) is 42.5 Å². The van der Waals surface area contributed by atoms with E-state index in [-0.39, 0.29) is 6.54 Å². The molecular formula is C16H19NO3. The number of rotatable bonds is 7. The van der Waals surface area contributed by atoms with Gasteiger partial charge in [0.2, 0.25) is 0 Å². The number of aliphatic carboxylic acids is 1. The van der Waals surface area contributed by atoms with E-state index in [2.05, 4.69) is 18.2 Å². The van der Waals surface area contributed by atoms with Crippen LogP contribution in [0.4, 0.5) is 0 Å². The van der Waals surface area contributed by atoms with Crippen LogP contribution in [0.25, 0.3) is 10.8 Å². The molecule has 4 nitrogen and oxygen atoms in total. The summed E-state index contributed by atoms with van der Waals surface area (Å²) >= 11 is 0. The molecule has 2 aromatic rings. The zero-order valence-electron chi connectivity index (χ0n) is 11.6. The molecule has 2 aromatic carbocycles. The van der Waals surface area contributed by atoms with Crippen molar-refractivity contribution in [3.8, 4) is 0 Å². The monoisotopic (exact) mass is 273 g/mol. The molecule has 0 saturated heterocycles. The van der Waals surface area contributed by atoms with E-state index in [9.17, 15) is 4.79 Å². The van der Waals surface area contributed by atoms with E-state index >= 15 is 0 Å². The Morgan fingerprint density at radius 2 is 1.95 bits per heavy atom. The first-order chi connectivity index (χ1) is 9.70. The topological polar surface area (TPSA) is 49.8 Å². The lowest BCUT2D eigenvalue weighted by atomic mass is 10.0. The van der Waals surface area contributed by atoms with Crippen molar-refractivity contribution >= 4 is 16.7 Å². The highest BCUT2D eigenvalue weighted by Crippen LogP contribution is 2.19. The molecule has 0 aliphatic heterocycles. The van der Waals surface area contributed by atoms with Gasteiger partial charge in [-0.15, -0.1) is 0 Å². The molecule has 0 saturated carbocycles. The largest absolute Gasteiger partial charge is 0.480 e. The van der Waals surface area contributed by atoms with Gasteiger partial charge in [-0.3, -0.25) is 9.69 Å². The summed E-state index contributed by atoms with van der Waals surface area (Å²) in [6.07, 6.45) is 0. The van der Waals surface area contributed by atoms with Crippen molar-refractivity contribution in [1.82, 2.24) is 4.90 Å². The quantitative estimate of drug-likeness (QED) is 0.841. The van der Waals surface area contributed by atoms with Crippen LogP contribution in [-0.4, -0.2) is 42.8 Å². The van der Waals surface area contributed by atoms with Crippen LogP contribution in [0.3, 0.4) is 0 Å². The van der Waals surface area contributed by atoms with Crippen molar-refractivity contribution in [3.63, 3.8) is 0 Å². The van der Waals surface area contributed by atoms with E-state index in [1.54, 1.807) is 7.11 Å². The van der Waals surface area contributed by atoms with Crippen LogP contribution in [0.5, 0.6) is 0 Å². The minimum absolute atomic E-state index is 0.0204. The fourth-order valence-corrected chi connectivity index (χ4v) is 2.30. The Bertz CT molecular complexity index is 577. The highest BCUT2D eigenvalue weighted by molar-refractivity contribution is 5.85. The first-order valence-electron chi connectivity index (χ1n) is 6.60. The molecule has 0 radical (unpaired) electrons. The molecule has 0 heterocycles. The third-order valence-electron chi connectivity index (χ3n) is 3.24. The lowest BCUT2D eigenvalue weighted by Crippen LogP contribution is -2.32. The molecule has 20 heavy (non-hydrogen) atoms. The first-order valence-corrected chi connectivity index (χ1v) is 6.60. The third kappa shape index (κ3) is 3.79. The second-order valence-electron chi connectivity index (χ2n) is 4.74. The normalized spacial score (nSPS) is 11.1. The number of benzene rings is 2. The molecule has 0 spiro atoms. The van der Waals surface area contributed by atoms with Gasteiger partial charge < -0.3 is 9.84 Å². The van der Waals surface area contributed by atoms with Gasteiger partial charge in [0.1, 0.15) is 0 Å². The maximum Gasteiger partial charge on any atom is 0.317 e. The summed E-state index contributed by atoms with van der Waals surface area (Å²) < 4.78 is 5.04. The van der Waals surface area contributed by atoms with E-state index in [0.717, 1.165) is 5.56 Å². The van der Waals surface area contributed by atoms with Crippen molar-refractivity contribution in [3.05, 3.63) is 48.0 Å². The number of nitrogens with zero attached hydrogens (tertiary/aromatic N) is 1. The van der Waals surface area contributed by atoms with Crippen molar-refractivity contribution in [2.75, 3.05) is 26.8 Å². The number of carboxylic acid groups (broad SMARTS) is 1. The van der Waals surface area contributed by atoms with Crippen LogP contribution < -0.4 is 0 Å². The van der Waals surface area contributed by atoms with Gasteiger partial charge in [0.25, 0.3) is 0 Å². The van der Waals surface area contributed by atoms with Crippen molar-refractivity contribution < 1.29 is 14.6 Å². The molecule has 2 rings (SSSR count). The number of carboxylic acids is 1. The molecule has 0 aromatic heterocycles. The predicted molar refractivity (Wildman–Crippen MR) is 78.7 cm³/mol. The lowest BCUT2D eigenvalue weighted by molar-refractivity contribution is -0.138. The molecular weight excluding hydrogens is 254 g/mol. The van der Waals surface area contributed by atoms with Crippen LogP contribution in [0, 0.1) is 0 Å². The zero-order valence-corrected chi connectivity index (χ0v) is 11.6. The summed E-state index contributed by atoms with van der Waals surface area (Å²) in [5.41, 5.74) is 1.14. The van der Waals surface area contributed by atoms with Crippen molar-refractivity contribution in [1.29, 1.82) is 0 Å². The molecule has 0 amide bonds. The average molecular weight is 273 g/mol. The predicted octanol–water partition coefficient (Wildman–Crippen LogP) is 2.37. The Kier molecular flexibility index (Phi) is 5.09. The fourth-order valence-electron chi connectivity index (χ4n) is 2.30. The number of fused-ring (bicyclic) bond motifs is 1. The summed E-state index contributed by atoms with van der Waals surface area (Å²) in [7, 11) is 1.62. The van der Waals surface area contributed by atoms with E-state index in [4.69, 9.17) is 9.84 Å². The Labute approximate surface area is 118 Å². The summed E-state index contributed by atoms with van der Waals surface area (Å²) in [6.45, 7) is 1.76. The highest BCUT2D eigenvalue weighted by Gasteiger charge is 2.11. The van der Waals surface area contributed by atoms with Crippen LogP contribution in [0.2, 0.25) is 0 Å². The van der Waals surface area contributed by atoms with Crippen LogP contribution in [0.1, 0.15) is 5.56 Å². The lowest BCUT2D eigenvalue weighted by Gasteiger charge is -2.20. The zero-order chi connectivity index (χ0) is 14.4. The smallest absolute Gasteiger partial charge is 0.317 e. The molecule has 4 heteroatoms. The minimum atomic E-state index is -0.818. The van der Waals surface area contributed by atoms with Gasteiger partial charge in [0.15, 0.2) is 0 Å². The van der Waals surface area contributed by atoms with E-state index in [1.807, 2.05) is 29.2 Å². The van der Waals surface area contributed by atoms with Crippen LogP contribution in [-0.2, 0) is 16.1 Å². The van der Waals surface area contributed by atoms with E-state index in [1.165, 1.54) is 10.8 Å². The number of methoxy groups -OCH3 is 1. The second kappa shape index (κ2) is 7.03. The molecule has 0 unspecified atom stereocenters. The molecule has 106 valence electrons. The van der Waals surface area contributed by atoms with Crippen LogP contribution >= 0.6 is 0 Å². The summed E-state index contributed by atoms with van der Waals surface area (Å²) in [6, 6.07) is 14.3. The number of hydrogen-bond acceptors (Lipinski definition) is 3. The Balaban J connectivity index is 2.21. The van der Waals surface area contributed by atoms with Crippen LogP contribution in [0.15, 0.2) is 42.5 Å². The van der Waals surface area contributed by atoms with Gasteiger partial charge in [0.05, 0.1) is 13.2 Å². The molecule has 1 N–H and O–H groups in total. The molecule has 0 aliphatic rings. The van der Waals surface area contributed by atoms with E-state index < -0.39 is 5.97 Å². The Morgan fingerprint density at radius 3 is 2.70 bits per heavy atom. The average Bonchev–Trinajstić information content (AvgIpc) is 2.44. The van der Waals surface area contributed by atoms with Gasteiger partial charge in [-0.05, 0) is 16.3 Å². The van der Waals surface area contributed by atoms with Crippen molar-refractivity contribution in [2.24, 2.45) is 0 Å². The second-order valence-corrected chi connectivity index (χ2v) is 4.74. The maximum atomic E-state index is 10.9. The van der Waals surface area contributed by atoms with Gasteiger partial charge in [-0.25, -0.2) is 0 Å². The number of hydrogen-bond donors (Lipinski definition) is 1. The highest BCUT2D eigenvalue weighted by atomic mass is 16.5. The summed E-state index contributed by atoms with van der Waals surface area (Å²) in [5, 5.41) is 11.3. The molecule has 0 fully saturated rings. The third-order valence-corrected chi connectivity index (χ3v) is 3.24. The standard InChI is InChI=1S/C16H19NO3/c1-20-10-9-17(12-16(18)19)11-14-7-4-6-13-5-2-3-8-15(13)14/h2-8H,9-12H2,1H3,(H,18,19). The first kappa shape index (κ1) is 14.5. The van der Waals surface area contributed by atoms with Crippen molar-refractivity contribution in [2.45, 2.75) is 6.54 Å². The van der Waals surface area contributed by atoms with Gasteiger partial charge >= 0.3 is 5.97 Å². The molecule has 0 bridgehead atoms. The maximum absolute atomic E-state index is 10.9. The van der Waals surface area contributed by atoms with E-state index in [0.29, 0.717) is 19.7 Å². The minimum Gasteiger partial charge on any atom is -0.480 e. The van der Waals surface area contributed by atoms with Gasteiger partial charge in [-0.2, -0.15) is 0 Å². The molecule has 0 aliphatic carbocycles. The van der Waals surface area contributed by atoms with Gasteiger partial charge in [0, 0.05) is 20.2 Å². The SMILES string of the molecule is COCCN(CC(=O)O)Cc1cccc2ccccc12. The Hall–Kier alpha value is -1.91. The fraction of sp³-hybridized carbons (Fsp3) is 0.312. The number of carbonyl (C=O) groups is 1. The summed E-state index contributed by atoms with van der Waals surface area (Å²) in [5.74, 6) is -0.818. The molecule has 0 atom stereocenters. The number of ether oxygens (including phenoxy) is 1. The summed E-state index contributed by atoms with van der Waals surface area (Å²) in [4.78, 5) is 12.8.